The van der Waals surface area contributed by atoms with Crippen LogP contribution in [-0.2, 0) is 37.2 Å². The molecule has 6 rings (SSSR count). The van der Waals surface area contributed by atoms with Gasteiger partial charge in [-0.25, -0.2) is 9.97 Å². The number of pyridine rings is 1. The Morgan fingerprint density at radius 2 is 1.59 bits per heavy atom. The molecule has 0 aliphatic heterocycles. The Balaban J connectivity index is 1.30. The molecule has 1 N–H and O–H groups in total. The predicted molar refractivity (Wildman–Crippen MR) is 180 cm³/mol. The van der Waals surface area contributed by atoms with E-state index in [0.29, 0.717) is 19.0 Å². The van der Waals surface area contributed by atoms with Crippen LogP contribution in [0.3, 0.4) is 0 Å². The number of ether oxygens (including phenoxy) is 1. The van der Waals surface area contributed by atoms with Crippen LogP contribution in [0.4, 0.5) is 0 Å². The van der Waals surface area contributed by atoms with Gasteiger partial charge in [-0.2, -0.15) is 4.68 Å². The van der Waals surface area contributed by atoms with Crippen LogP contribution < -0.4 is 0 Å². The van der Waals surface area contributed by atoms with Crippen molar-refractivity contribution < 1.29 is 9.84 Å². The topological polar surface area (TPSA) is 104 Å². The number of aryl methyl sites for hydroxylation is 3. The first-order valence-corrected chi connectivity index (χ1v) is 16.2. The van der Waals surface area contributed by atoms with E-state index in [2.05, 4.69) is 87.7 Å². The number of tetrazole rings is 1. The second kappa shape index (κ2) is 14.6. The monoisotopic (exact) mass is 615 g/mol. The Morgan fingerprint density at radius 3 is 2.33 bits per heavy atom. The summed E-state index contributed by atoms with van der Waals surface area (Å²) in [4.78, 5) is 10.1. The molecule has 0 fully saturated rings. The Kier molecular flexibility index (Phi) is 9.91. The molecule has 1 atom stereocenters. The van der Waals surface area contributed by atoms with Gasteiger partial charge in [-0.15, -0.1) is 5.10 Å². The highest BCUT2D eigenvalue weighted by atomic mass is 16.5. The Morgan fingerprint density at radius 1 is 0.826 bits per heavy atom. The van der Waals surface area contributed by atoms with Gasteiger partial charge in [-0.1, -0.05) is 92.2 Å². The minimum absolute atomic E-state index is 0.101. The van der Waals surface area contributed by atoms with Crippen molar-refractivity contribution in [3.05, 3.63) is 113 Å². The predicted octanol–water partition coefficient (Wildman–Crippen LogP) is 6.98. The highest BCUT2D eigenvalue weighted by Crippen LogP contribution is 2.32. The molecule has 3 heterocycles. The van der Waals surface area contributed by atoms with E-state index in [1.165, 1.54) is 5.56 Å². The maximum Gasteiger partial charge on any atom is 0.185 e. The fraction of sp³-hybridized carbons (Fsp3) is 0.324. The molecule has 0 radical (unpaired) electrons. The number of imidazole rings is 1. The minimum Gasteiger partial charge on any atom is -0.390 e. The van der Waals surface area contributed by atoms with Crippen LogP contribution in [0, 0.1) is 0 Å². The van der Waals surface area contributed by atoms with E-state index in [4.69, 9.17) is 14.7 Å². The second-order valence-electron chi connectivity index (χ2n) is 11.5. The van der Waals surface area contributed by atoms with Crippen LogP contribution in [0.2, 0.25) is 0 Å². The molecule has 0 spiro atoms. The standard InChI is InChI=1S/C37H41N7O2/c1-4-6-16-35-38-33-23-30(22-17-27-12-8-7-9-13-27)34(25-45)39-37(33)43(35)24-28-18-20-29(21-19-28)31-14-10-11-15-32(31)36-40-41-42-44(36)26(3)46-5-2/h7-15,18-21,23,26,45H,4-6,16-17,22,24-25H2,1-3H3. The summed E-state index contributed by atoms with van der Waals surface area (Å²) >= 11 is 0. The number of aliphatic hydroxyl groups is 1. The van der Waals surface area contributed by atoms with Gasteiger partial charge in [0.25, 0.3) is 0 Å². The fourth-order valence-corrected chi connectivity index (χ4v) is 5.97. The van der Waals surface area contributed by atoms with Gasteiger partial charge in [0.05, 0.1) is 18.8 Å². The third-order valence-electron chi connectivity index (χ3n) is 8.42. The summed E-state index contributed by atoms with van der Waals surface area (Å²) < 4.78 is 9.71. The molecule has 3 aromatic carbocycles. The number of nitrogens with zero attached hydrogens (tertiary/aromatic N) is 7. The van der Waals surface area contributed by atoms with Crippen LogP contribution >= 0.6 is 0 Å². The Labute approximate surface area is 269 Å². The summed E-state index contributed by atoms with van der Waals surface area (Å²) in [5.74, 6) is 1.69. The quantitative estimate of drug-likeness (QED) is 0.141. The highest BCUT2D eigenvalue weighted by molar-refractivity contribution is 5.80. The van der Waals surface area contributed by atoms with E-state index in [9.17, 15) is 5.11 Å². The van der Waals surface area contributed by atoms with Crippen LogP contribution in [0.15, 0.2) is 84.9 Å². The molecule has 236 valence electrons. The van der Waals surface area contributed by atoms with E-state index >= 15 is 0 Å². The van der Waals surface area contributed by atoms with Crippen molar-refractivity contribution >= 4 is 11.2 Å². The SMILES string of the molecule is CCCCc1nc2cc(CCc3ccccc3)c(CO)nc2n1Cc1ccc(-c2ccccc2-c2nnnn2C(C)OCC)cc1. The number of aromatic nitrogens is 7. The van der Waals surface area contributed by atoms with Crippen molar-refractivity contribution in [2.75, 3.05) is 6.61 Å². The zero-order chi connectivity index (χ0) is 31.9. The molecule has 46 heavy (non-hydrogen) atoms. The van der Waals surface area contributed by atoms with Crippen molar-refractivity contribution in [1.29, 1.82) is 0 Å². The number of unbranched alkanes of at least 4 members (excludes halogenated alkanes) is 1. The van der Waals surface area contributed by atoms with E-state index in [-0.39, 0.29) is 12.8 Å². The molecule has 6 aromatic rings. The molecular weight excluding hydrogens is 574 g/mol. The van der Waals surface area contributed by atoms with Gasteiger partial charge in [0.2, 0.25) is 0 Å². The number of rotatable bonds is 14. The summed E-state index contributed by atoms with van der Waals surface area (Å²) in [6.07, 6.45) is 4.42. The summed E-state index contributed by atoms with van der Waals surface area (Å²) in [7, 11) is 0. The van der Waals surface area contributed by atoms with Gasteiger partial charge in [0, 0.05) is 18.6 Å². The van der Waals surface area contributed by atoms with Gasteiger partial charge in [-0.3, -0.25) is 0 Å². The summed E-state index contributed by atoms with van der Waals surface area (Å²) in [6.45, 7) is 7.21. The number of hydrogen-bond acceptors (Lipinski definition) is 7. The van der Waals surface area contributed by atoms with E-state index in [0.717, 1.165) is 82.6 Å². The lowest BCUT2D eigenvalue weighted by Crippen LogP contribution is -2.12. The first-order valence-electron chi connectivity index (χ1n) is 16.2. The van der Waals surface area contributed by atoms with Crippen LogP contribution in [0.25, 0.3) is 33.7 Å². The second-order valence-corrected chi connectivity index (χ2v) is 11.5. The third kappa shape index (κ3) is 6.76. The van der Waals surface area contributed by atoms with Crippen molar-refractivity contribution in [3.63, 3.8) is 0 Å². The summed E-state index contributed by atoms with van der Waals surface area (Å²) in [5, 5.41) is 22.8. The zero-order valence-electron chi connectivity index (χ0n) is 26.8. The lowest BCUT2D eigenvalue weighted by molar-refractivity contribution is 0.0159. The number of benzene rings is 3. The van der Waals surface area contributed by atoms with Crippen molar-refractivity contribution in [1.82, 2.24) is 34.7 Å². The maximum atomic E-state index is 10.3. The smallest absolute Gasteiger partial charge is 0.185 e. The molecule has 1 unspecified atom stereocenters. The molecule has 9 heteroatoms. The lowest BCUT2D eigenvalue weighted by Gasteiger charge is -2.15. The lowest BCUT2D eigenvalue weighted by atomic mass is 9.98. The van der Waals surface area contributed by atoms with E-state index in [1.807, 2.05) is 38.1 Å². The largest absolute Gasteiger partial charge is 0.390 e. The van der Waals surface area contributed by atoms with Gasteiger partial charge in [-0.05, 0) is 77.4 Å². The van der Waals surface area contributed by atoms with Crippen molar-refractivity contribution in [3.8, 4) is 22.5 Å². The molecule has 0 amide bonds. The number of hydrogen-bond donors (Lipinski definition) is 1. The Hall–Kier alpha value is -4.73. The molecular formula is C37H41N7O2. The molecule has 0 saturated carbocycles. The van der Waals surface area contributed by atoms with Gasteiger partial charge >= 0.3 is 0 Å². The first kappa shape index (κ1) is 31.3. The van der Waals surface area contributed by atoms with Crippen LogP contribution in [-0.4, -0.2) is 46.5 Å². The number of fused-ring (bicyclic) bond motifs is 1. The van der Waals surface area contributed by atoms with Gasteiger partial charge in [0.15, 0.2) is 17.7 Å². The molecule has 0 bridgehead atoms. The minimum atomic E-state index is -0.280. The number of aliphatic hydroxyl groups excluding tert-OH is 1. The molecule has 3 aromatic heterocycles. The normalized spacial score (nSPS) is 12.2. The van der Waals surface area contributed by atoms with Crippen LogP contribution in [0.5, 0.6) is 0 Å². The molecule has 0 aliphatic carbocycles. The van der Waals surface area contributed by atoms with Crippen molar-refractivity contribution in [2.45, 2.75) is 72.3 Å². The third-order valence-corrected chi connectivity index (χ3v) is 8.42. The first-order chi connectivity index (χ1) is 22.6. The maximum absolute atomic E-state index is 10.3. The summed E-state index contributed by atoms with van der Waals surface area (Å²) in [6, 6.07) is 29.3. The van der Waals surface area contributed by atoms with E-state index < -0.39 is 0 Å². The average molecular weight is 616 g/mol. The molecule has 0 saturated heterocycles. The zero-order valence-corrected chi connectivity index (χ0v) is 26.8. The fourth-order valence-electron chi connectivity index (χ4n) is 5.97. The Bertz CT molecular complexity index is 1880. The molecule has 0 aliphatic rings. The highest BCUT2D eigenvalue weighted by Gasteiger charge is 2.19. The van der Waals surface area contributed by atoms with Crippen molar-refractivity contribution in [2.24, 2.45) is 0 Å². The molecule has 9 nitrogen and oxygen atoms in total. The van der Waals surface area contributed by atoms with Crippen LogP contribution in [0.1, 0.15) is 68.0 Å². The average Bonchev–Trinajstić information content (AvgIpc) is 3.72. The summed E-state index contributed by atoms with van der Waals surface area (Å²) in [5.41, 5.74) is 8.96. The van der Waals surface area contributed by atoms with E-state index in [1.54, 1.807) is 4.68 Å². The van der Waals surface area contributed by atoms with Gasteiger partial charge in [0.1, 0.15) is 11.3 Å². The van der Waals surface area contributed by atoms with Gasteiger partial charge < -0.3 is 14.4 Å².